The topological polar surface area (TPSA) is 59.1 Å². The summed E-state index contributed by atoms with van der Waals surface area (Å²) in [4.78, 5) is 35.0. The molecule has 2 fully saturated rings. The van der Waals surface area contributed by atoms with Gasteiger partial charge in [-0.2, -0.15) is 0 Å². The van der Waals surface area contributed by atoms with Gasteiger partial charge in [0, 0.05) is 42.9 Å². The smallest absolute Gasteiger partial charge is 0.256 e. The summed E-state index contributed by atoms with van der Waals surface area (Å²) in [6.07, 6.45) is 0.929. The number of anilines is 2. The predicted octanol–water partition coefficient (Wildman–Crippen LogP) is 4.12. The molecule has 1 atom stereocenters. The molecular weight excluding hydrogens is 538 g/mol. The SMILES string of the molecule is CCN1CCN(CCCN2C(=S)N(c3ccc(C)cc3)C(=O)[C@H]2CC(=O)Nc2ccc(Br)cc2)CC1. The van der Waals surface area contributed by atoms with Crippen LogP contribution < -0.4 is 10.2 Å². The largest absolute Gasteiger partial charge is 0.336 e. The number of piperazine rings is 1. The Morgan fingerprint density at radius 2 is 1.64 bits per heavy atom. The highest BCUT2D eigenvalue weighted by molar-refractivity contribution is 9.10. The van der Waals surface area contributed by atoms with Gasteiger partial charge in [0.25, 0.3) is 5.91 Å². The minimum absolute atomic E-state index is 0.0482. The van der Waals surface area contributed by atoms with Gasteiger partial charge in [0.05, 0.1) is 12.1 Å². The summed E-state index contributed by atoms with van der Waals surface area (Å²) in [5.41, 5.74) is 2.55. The first-order valence-corrected chi connectivity index (χ1v) is 13.8. The van der Waals surface area contributed by atoms with Gasteiger partial charge < -0.3 is 20.0 Å². The predicted molar refractivity (Wildman–Crippen MR) is 152 cm³/mol. The molecule has 0 spiro atoms. The molecular formula is C27H34BrN5O2S. The fourth-order valence-corrected chi connectivity index (χ4v) is 5.41. The fraction of sp³-hybridized carbons (Fsp3) is 0.444. The standard InChI is InChI=1S/C27H34BrN5O2S/c1-3-30-15-17-31(18-16-30)13-4-14-32-24(19-25(34)29-22-9-7-21(28)8-10-22)26(35)33(27(32)36)23-11-5-20(2)6-12-23/h5-12,24H,3-4,13-19H2,1-2H3,(H,29,34)/t24-/m1/s1. The molecule has 0 bridgehead atoms. The second-order valence-electron chi connectivity index (χ2n) is 9.39. The molecule has 7 nitrogen and oxygen atoms in total. The van der Waals surface area contributed by atoms with E-state index in [1.54, 1.807) is 4.90 Å². The van der Waals surface area contributed by atoms with Gasteiger partial charge in [-0.15, -0.1) is 0 Å². The van der Waals surface area contributed by atoms with E-state index in [0.717, 1.165) is 61.4 Å². The van der Waals surface area contributed by atoms with Crippen molar-refractivity contribution >= 4 is 56.4 Å². The molecule has 0 aliphatic carbocycles. The number of aryl methyl sites for hydroxylation is 1. The Labute approximate surface area is 227 Å². The van der Waals surface area contributed by atoms with E-state index >= 15 is 0 Å². The lowest BCUT2D eigenvalue weighted by molar-refractivity contribution is -0.124. The molecule has 0 aromatic heterocycles. The maximum absolute atomic E-state index is 13.6. The van der Waals surface area contributed by atoms with Gasteiger partial charge in [-0.1, -0.05) is 40.5 Å². The third-order valence-corrected chi connectivity index (χ3v) is 7.85. The van der Waals surface area contributed by atoms with E-state index in [4.69, 9.17) is 12.2 Å². The number of likely N-dealkylation sites (N-methyl/N-ethyl adjacent to an activating group) is 1. The summed E-state index contributed by atoms with van der Waals surface area (Å²) in [6, 6.07) is 14.6. The minimum Gasteiger partial charge on any atom is -0.336 e. The van der Waals surface area contributed by atoms with Crippen LogP contribution in [0.2, 0.25) is 0 Å². The summed E-state index contributed by atoms with van der Waals surface area (Å²) in [5, 5.41) is 3.39. The Bertz CT molecular complexity index is 1070. The summed E-state index contributed by atoms with van der Waals surface area (Å²) in [7, 11) is 0. The van der Waals surface area contributed by atoms with E-state index in [0.29, 0.717) is 17.3 Å². The van der Waals surface area contributed by atoms with Crippen molar-refractivity contribution < 1.29 is 9.59 Å². The molecule has 192 valence electrons. The minimum atomic E-state index is -0.619. The first-order valence-electron chi connectivity index (χ1n) is 12.6. The van der Waals surface area contributed by atoms with Gasteiger partial charge in [0.1, 0.15) is 6.04 Å². The lowest BCUT2D eigenvalue weighted by Crippen LogP contribution is -2.47. The van der Waals surface area contributed by atoms with Crippen LogP contribution in [0, 0.1) is 6.92 Å². The summed E-state index contributed by atoms with van der Waals surface area (Å²) in [5.74, 6) is -0.351. The quantitative estimate of drug-likeness (QED) is 0.457. The van der Waals surface area contributed by atoms with Gasteiger partial charge in [-0.25, -0.2) is 0 Å². The number of halogens is 1. The van der Waals surface area contributed by atoms with Crippen LogP contribution >= 0.6 is 28.1 Å². The molecule has 2 heterocycles. The van der Waals surface area contributed by atoms with Crippen molar-refractivity contribution in [2.24, 2.45) is 0 Å². The Hall–Kier alpha value is -2.33. The Morgan fingerprint density at radius 1 is 1.00 bits per heavy atom. The molecule has 1 N–H and O–H groups in total. The van der Waals surface area contributed by atoms with Crippen LogP contribution in [0.15, 0.2) is 53.0 Å². The second kappa shape index (κ2) is 12.3. The third kappa shape index (κ3) is 6.51. The molecule has 2 aromatic rings. The zero-order chi connectivity index (χ0) is 25.7. The number of rotatable bonds is 9. The number of benzene rings is 2. The molecule has 0 unspecified atom stereocenters. The number of thiocarbonyl (C=S) groups is 1. The molecule has 0 radical (unpaired) electrons. The lowest BCUT2D eigenvalue weighted by atomic mass is 10.1. The Morgan fingerprint density at radius 3 is 2.28 bits per heavy atom. The maximum atomic E-state index is 13.6. The highest BCUT2D eigenvalue weighted by Gasteiger charge is 2.43. The molecule has 2 amide bonds. The Kier molecular flexibility index (Phi) is 9.11. The number of hydrogen-bond donors (Lipinski definition) is 1. The van der Waals surface area contributed by atoms with Crippen LogP contribution in [0.4, 0.5) is 11.4 Å². The van der Waals surface area contributed by atoms with E-state index in [2.05, 4.69) is 38.0 Å². The third-order valence-electron chi connectivity index (χ3n) is 6.90. The van der Waals surface area contributed by atoms with Gasteiger partial charge in [-0.3, -0.25) is 14.5 Å². The van der Waals surface area contributed by atoms with Crippen LogP contribution in [0.5, 0.6) is 0 Å². The fourth-order valence-electron chi connectivity index (χ4n) is 4.73. The number of hydrogen-bond acceptors (Lipinski definition) is 5. The number of carbonyl (C=O) groups is 2. The molecule has 2 aliphatic heterocycles. The van der Waals surface area contributed by atoms with Crippen LogP contribution in [0.1, 0.15) is 25.3 Å². The number of nitrogens with zero attached hydrogens (tertiary/aromatic N) is 4. The van der Waals surface area contributed by atoms with Crippen molar-refractivity contribution in [2.45, 2.75) is 32.7 Å². The number of nitrogens with one attached hydrogen (secondary N) is 1. The van der Waals surface area contributed by atoms with Crippen LogP contribution in [-0.4, -0.2) is 83.5 Å². The van der Waals surface area contributed by atoms with E-state index in [1.807, 2.05) is 60.4 Å². The van der Waals surface area contributed by atoms with Crippen molar-refractivity contribution in [1.29, 1.82) is 0 Å². The van der Waals surface area contributed by atoms with Crippen molar-refractivity contribution in [1.82, 2.24) is 14.7 Å². The van der Waals surface area contributed by atoms with E-state index in [9.17, 15) is 9.59 Å². The van der Waals surface area contributed by atoms with Gasteiger partial charge in [0.15, 0.2) is 5.11 Å². The van der Waals surface area contributed by atoms with Crippen molar-refractivity contribution in [3.8, 4) is 0 Å². The average Bonchev–Trinajstić information content (AvgIpc) is 3.10. The van der Waals surface area contributed by atoms with E-state index < -0.39 is 6.04 Å². The van der Waals surface area contributed by atoms with Crippen LogP contribution in [-0.2, 0) is 9.59 Å². The van der Waals surface area contributed by atoms with Gasteiger partial charge in [-0.05, 0) is 75.1 Å². The molecule has 9 heteroatoms. The Balaban J connectivity index is 1.44. The normalized spacial score (nSPS) is 19.2. The van der Waals surface area contributed by atoms with Crippen molar-refractivity contribution in [3.05, 3.63) is 58.6 Å². The van der Waals surface area contributed by atoms with Crippen molar-refractivity contribution in [2.75, 3.05) is 56.0 Å². The van der Waals surface area contributed by atoms with Crippen LogP contribution in [0.25, 0.3) is 0 Å². The first-order chi connectivity index (χ1) is 17.4. The van der Waals surface area contributed by atoms with E-state index in [1.165, 1.54) is 0 Å². The van der Waals surface area contributed by atoms with Gasteiger partial charge in [0.2, 0.25) is 5.91 Å². The summed E-state index contributed by atoms with van der Waals surface area (Å²) < 4.78 is 0.938. The molecule has 36 heavy (non-hydrogen) atoms. The molecule has 2 saturated heterocycles. The average molecular weight is 573 g/mol. The first kappa shape index (κ1) is 26.7. The monoisotopic (exact) mass is 571 g/mol. The lowest BCUT2D eigenvalue weighted by Gasteiger charge is -2.34. The van der Waals surface area contributed by atoms with E-state index in [-0.39, 0.29) is 18.2 Å². The highest BCUT2D eigenvalue weighted by atomic mass is 79.9. The zero-order valence-corrected chi connectivity index (χ0v) is 23.4. The van der Waals surface area contributed by atoms with Crippen LogP contribution in [0.3, 0.4) is 0 Å². The van der Waals surface area contributed by atoms with Crippen molar-refractivity contribution in [3.63, 3.8) is 0 Å². The van der Waals surface area contributed by atoms with Gasteiger partial charge >= 0.3 is 0 Å². The molecule has 2 aliphatic rings. The molecule has 2 aromatic carbocycles. The number of amides is 2. The second-order valence-corrected chi connectivity index (χ2v) is 10.7. The molecule has 4 rings (SSSR count). The summed E-state index contributed by atoms with van der Waals surface area (Å²) >= 11 is 9.21. The highest BCUT2D eigenvalue weighted by Crippen LogP contribution is 2.28. The number of carbonyl (C=O) groups excluding carboxylic acids is 2. The zero-order valence-electron chi connectivity index (χ0n) is 21.0. The maximum Gasteiger partial charge on any atom is 0.256 e. The molecule has 0 saturated carbocycles. The summed E-state index contributed by atoms with van der Waals surface area (Å²) in [6.45, 7) is 11.2.